The number of nitrogens with zero attached hydrogens (tertiary/aromatic N) is 2. The summed E-state index contributed by atoms with van der Waals surface area (Å²) < 4.78 is 27.6. The van der Waals surface area contributed by atoms with Gasteiger partial charge in [-0.1, -0.05) is 12.5 Å². The molecule has 2 atom stereocenters. The zero-order chi connectivity index (χ0) is 18.7. The fourth-order valence-electron chi connectivity index (χ4n) is 4.01. The van der Waals surface area contributed by atoms with Gasteiger partial charge >= 0.3 is 0 Å². The van der Waals surface area contributed by atoms with E-state index < -0.39 is 10.0 Å². The molecule has 0 spiro atoms. The molecule has 1 aromatic carbocycles. The number of benzene rings is 1. The van der Waals surface area contributed by atoms with Gasteiger partial charge in [-0.25, -0.2) is 8.42 Å². The second-order valence-electron chi connectivity index (χ2n) is 7.45. The van der Waals surface area contributed by atoms with E-state index in [2.05, 4.69) is 5.32 Å². The van der Waals surface area contributed by atoms with Crippen LogP contribution < -0.4 is 5.32 Å². The maximum atomic E-state index is 13.0. The molecule has 152 valence electrons. The number of nitrogens with one attached hydrogen (secondary N) is 1. The summed E-state index contributed by atoms with van der Waals surface area (Å²) in [6, 6.07) is 6.54. The van der Waals surface area contributed by atoms with E-state index in [0.29, 0.717) is 18.0 Å². The molecule has 0 aliphatic carbocycles. The zero-order valence-corrected chi connectivity index (χ0v) is 17.7. The molecule has 27 heavy (non-hydrogen) atoms. The first kappa shape index (κ1) is 22.1. The first-order valence-corrected chi connectivity index (χ1v) is 10.9. The summed E-state index contributed by atoms with van der Waals surface area (Å²) in [5.74, 6) is 0.386. The summed E-state index contributed by atoms with van der Waals surface area (Å²) in [4.78, 5) is 14.9. The highest BCUT2D eigenvalue weighted by Gasteiger charge is 2.32. The van der Waals surface area contributed by atoms with Crippen LogP contribution in [-0.4, -0.2) is 62.8 Å². The summed E-state index contributed by atoms with van der Waals surface area (Å²) in [6.45, 7) is 4.85. The number of halogens is 1. The predicted molar refractivity (Wildman–Crippen MR) is 109 cm³/mol. The topological polar surface area (TPSA) is 69.7 Å². The van der Waals surface area contributed by atoms with Crippen molar-refractivity contribution in [3.63, 3.8) is 0 Å². The first-order valence-electron chi connectivity index (χ1n) is 9.49. The van der Waals surface area contributed by atoms with E-state index in [1.54, 1.807) is 28.6 Å². The molecule has 2 unspecified atom stereocenters. The van der Waals surface area contributed by atoms with Gasteiger partial charge in [0, 0.05) is 31.2 Å². The average molecular weight is 416 g/mol. The molecule has 1 N–H and O–H groups in total. The normalized spacial score (nSPS) is 23.9. The van der Waals surface area contributed by atoms with Gasteiger partial charge in [-0.3, -0.25) is 4.79 Å². The Morgan fingerprint density at radius 3 is 2.70 bits per heavy atom. The average Bonchev–Trinajstić information content (AvgIpc) is 3.10. The quantitative estimate of drug-likeness (QED) is 0.801. The van der Waals surface area contributed by atoms with Gasteiger partial charge in [-0.2, -0.15) is 4.31 Å². The lowest BCUT2D eigenvalue weighted by molar-refractivity contribution is 0.0787. The summed E-state index contributed by atoms with van der Waals surface area (Å²) in [6.07, 6.45) is 3.83. The van der Waals surface area contributed by atoms with Gasteiger partial charge in [0.15, 0.2) is 0 Å². The molecule has 0 radical (unpaired) electrons. The Bertz CT molecular complexity index is 756. The van der Waals surface area contributed by atoms with E-state index in [4.69, 9.17) is 0 Å². The molecule has 8 heteroatoms. The van der Waals surface area contributed by atoms with Crippen LogP contribution in [0, 0.1) is 5.92 Å². The van der Waals surface area contributed by atoms with E-state index in [-0.39, 0.29) is 29.3 Å². The Morgan fingerprint density at radius 1 is 1.22 bits per heavy atom. The van der Waals surface area contributed by atoms with Crippen molar-refractivity contribution in [1.29, 1.82) is 0 Å². The molecule has 1 aromatic rings. The number of carbonyl (C=O) groups is 1. The van der Waals surface area contributed by atoms with Crippen molar-refractivity contribution in [2.24, 2.45) is 5.92 Å². The SMILES string of the molecule is CNCC1CCN(C(=O)c2cccc(S(=O)(=O)N3CCCCC3C)c2)C1.Cl. The largest absolute Gasteiger partial charge is 0.338 e. The highest BCUT2D eigenvalue weighted by atomic mass is 35.5. The molecular weight excluding hydrogens is 386 g/mol. The summed E-state index contributed by atoms with van der Waals surface area (Å²) in [5.41, 5.74) is 0.459. The van der Waals surface area contributed by atoms with Gasteiger partial charge in [0.1, 0.15) is 0 Å². The Morgan fingerprint density at radius 2 is 2.00 bits per heavy atom. The second-order valence-corrected chi connectivity index (χ2v) is 9.34. The van der Waals surface area contributed by atoms with Crippen LogP contribution in [0.1, 0.15) is 43.0 Å². The third kappa shape index (κ3) is 4.83. The van der Waals surface area contributed by atoms with Crippen LogP contribution in [-0.2, 0) is 10.0 Å². The van der Waals surface area contributed by atoms with Crippen molar-refractivity contribution >= 4 is 28.3 Å². The third-order valence-corrected chi connectivity index (χ3v) is 7.51. The molecule has 2 aliphatic rings. The van der Waals surface area contributed by atoms with E-state index in [1.165, 1.54) is 0 Å². The molecule has 0 saturated carbocycles. The molecule has 0 bridgehead atoms. The predicted octanol–water partition coefficient (Wildman–Crippen LogP) is 2.35. The summed E-state index contributed by atoms with van der Waals surface area (Å²) in [7, 11) is -1.64. The smallest absolute Gasteiger partial charge is 0.253 e. The maximum Gasteiger partial charge on any atom is 0.253 e. The Balaban J connectivity index is 0.00000261. The monoisotopic (exact) mass is 415 g/mol. The molecule has 3 rings (SSSR count). The number of hydrogen-bond donors (Lipinski definition) is 1. The summed E-state index contributed by atoms with van der Waals surface area (Å²) in [5, 5.41) is 3.16. The Kier molecular flexibility index (Phi) is 7.68. The van der Waals surface area contributed by atoms with Crippen LogP contribution in [0.25, 0.3) is 0 Å². The minimum absolute atomic E-state index is 0. The third-order valence-electron chi connectivity index (χ3n) is 5.50. The molecule has 2 heterocycles. The van der Waals surface area contributed by atoms with Crippen LogP contribution in [0.15, 0.2) is 29.2 Å². The van der Waals surface area contributed by atoms with Gasteiger partial charge in [-0.05, 0) is 63.9 Å². The zero-order valence-electron chi connectivity index (χ0n) is 16.1. The van der Waals surface area contributed by atoms with Crippen LogP contribution >= 0.6 is 12.4 Å². The van der Waals surface area contributed by atoms with Crippen molar-refractivity contribution in [2.45, 2.75) is 43.5 Å². The standard InChI is InChI=1S/C19H29N3O3S.ClH/c1-15-6-3-4-10-22(15)26(24,25)18-8-5-7-17(12-18)19(23)21-11-9-16(14-21)13-20-2;/h5,7-8,12,15-16,20H,3-4,6,9-11,13-14H2,1-2H3;1H. The van der Waals surface area contributed by atoms with Crippen molar-refractivity contribution in [2.75, 3.05) is 33.2 Å². The van der Waals surface area contributed by atoms with E-state index in [1.807, 2.05) is 18.9 Å². The number of rotatable bonds is 5. The van der Waals surface area contributed by atoms with E-state index in [9.17, 15) is 13.2 Å². The molecule has 1 amide bonds. The Labute approximate surface area is 168 Å². The van der Waals surface area contributed by atoms with Crippen LogP contribution in [0.4, 0.5) is 0 Å². The van der Waals surface area contributed by atoms with Crippen molar-refractivity contribution < 1.29 is 13.2 Å². The lowest BCUT2D eigenvalue weighted by Crippen LogP contribution is -2.42. The highest BCUT2D eigenvalue weighted by molar-refractivity contribution is 7.89. The molecule has 0 aromatic heterocycles. The molecule has 2 fully saturated rings. The van der Waals surface area contributed by atoms with E-state index in [0.717, 1.165) is 45.3 Å². The maximum absolute atomic E-state index is 13.0. The highest BCUT2D eigenvalue weighted by Crippen LogP contribution is 2.26. The van der Waals surface area contributed by atoms with Crippen LogP contribution in [0.5, 0.6) is 0 Å². The molecule has 2 aliphatic heterocycles. The Hall–Kier alpha value is -1.15. The number of sulfonamides is 1. The van der Waals surface area contributed by atoms with Crippen molar-refractivity contribution in [1.82, 2.24) is 14.5 Å². The molecule has 6 nitrogen and oxygen atoms in total. The number of hydrogen-bond acceptors (Lipinski definition) is 4. The van der Waals surface area contributed by atoms with Gasteiger partial charge < -0.3 is 10.2 Å². The fourth-order valence-corrected chi connectivity index (χ4v) is 5.75. The van der Waals surface area contributed by atoms with E-state index >= 15 is 0 Å². The molecular formula is C19H30ClN3O3S. The molecule has 2 saturated heterocycles. The lowest BCUT2D eigenvalue weighted by atomic mass is 10.1. The number of amides is 1. The minimum Gasteiger partial charge on any atom is -0.338 e. The van der Waals surface area contributed by atoms with Gasteiger partial charge in [-0.15, -0.1) is 12.4 Å². The number of piperidine rings is 1. The number of likely N-dealkylation sites (tertiary alicyclic amines) is 1. The van der Waals surface area contributed by atoms with Gasteiger partial charge in [0.05, 0.1) is 4.90 Å². The van der Waals surface area contributed by atoms with Crippen molar-refractivity contribution in [3.8, 4) is 0 Å². The lowest BCUT2D eigenvalue weighted by Gasteiger charge is -2.32. The fraction of sp³-hybridized carbons (Fsp3) is 0.632. The van der Waals surface area contributed by atoms with Crippen LogP contribution in [0.2, 0.25) is 0 Å². The van der Waals surface area contributed by atoms with Gasteiger partial charge in [0.2, 0.25) is 10.0 Å². The van der Waals surface area contributed by atoms with Crippen LogP contribution in [0.3, 0.4) is 0 Å². The minimum atomic E-state index is -3.56. The van der Waals surface area contributed by atoms with Crippen molar-refractivity contribution in [3.05, 3.63) is 29.8 Å². The second kappa shape index (κ2) is 9.37. The number of carbonyl (C=O) groups excluding carboxylic acids is 1. The first-order chi connectivity index (χ1) is 12.4. The summed E-state index contributed by atoms with van der Waals surface area (Å²) >= 11 is 0. The van der Waals surface area contributed by atoms with Gasteiger partial charge in [0.25, 0.3) is 5.91 Å².